The first-order chi connectivity index (χ1) is 12.5. The molecule has 0 amide bonds. The van der Waals surface area contributed by atoms with Crippen LogP contribution in [0.1, 0.15) is 22.4 Å². The van der Waals surface area contributed by atoms with Gasteiger partial charge in [-0.15, -0.1) is 0 Å². The van der Waals surface area contributed by atoms with Gasteiger partial charge < -0.3 is 5.11 Å². The number of aryl methyl sites for hydroxylation is 2. The van der Waals surface area contributed by atoms with E-state index < -0.39 is 0 Å². The lowest BCUT2D eigenvalue weighted by Gasteiger charge is -2.16. The van der Waals surface area contributed by atoms with Crippen LogP contribution in [0.25, 0.3) is 11.4 Å². The zero-order valence-electron chi connectivity index (χ0n) is 14.9. The van der Waals surface area contributed by atoms with Crippen molar-refractivity contribution in [2.45, 2.75) is 26.8 Å². The average Bonchev–Trinajstić information content (AvgIpc) is 2.63. The Morgan fingerprint density at radius 3 is 2.31 bits per heavy atom. The van der Waals surface area contributed by atoms with Gasteiger partial charge in [-0.2, -0.15) is 0 Å². The third kappa shape index (κ3) is 3.87. The fraction of sp³-hybridized carbons (Fsp3) is 0.238. The highest BCUT2D eigenvalue weighted by Crippen LogP contribution is 2.21. The van der Waals surface area contributed by atoms with Crippen molar-refractivity contribution in [3.05, 3.63) is 86.3 Å². The van der Waals surface area contributed by atoms with Gasteiger partial charge in [0.15, 0.2) is 0 Å². The Kier molecular flexibility index (Phi) is 5.55. The molecule has 0 fully saturated rings. The summed E-state index contributed by atoms with van der Waals surface area (Å²) < 4.78 is 1.67. The molecule has 3 rings (SSSR count). The molecule has 0 atom stereocenters. The molecular weight excluding hydrogens is 348 g/mol. The zero-order valence-corrected chi connectivity index (χ0v) is 15.6. The van der Waals surface area contributed by atoms with Gasteiger partial charge in [-0.3, -0.25) is 9.36 Å². The summed E-state index contributed by atoms with van der Waals surface area (Å²) in [5.41, 5.74) is 4.11. The van der Waals surface area contributed by atoms with Crippen molar-refractivity contribution < 1.29 is 5.11 Å². The molecule has 0 aliphatic carbocycles. The first kappa shape index (κ1) is 18.4. The van der Waals surface area contributed by atoms with E-state index in [1.165, 1.54) is 5.56 Å². The largest absolute Gasteiger partial charge is 0.396 e. The van der Waals surface area contributed by atoms with Gasteiger partial charge in [0.25, 0.3) is 5.56 Å². The first-order valence-corrected chi connectivity index (χ1v) is 8.90. The van der Waals surface area contributed by atoms with E-state index in [1.807, 2.05) is 50.2 Å². The third-order valence-corrected chi connectivity index (χ3v) is 4.65. The van der Waals surface area contributed by atoms with Crippen LogP contribution in [0.2, 0.25) is 5.02 Å². The van der Waals surface area contributed by atoms with Gasteiger partial charge in [-0.25, -0.2) is 4.98 Å². The molecule has 0 bridgehead atoms. The number of benzene rings is 2. The molecule has 0 saturated heterocycles. The fourth-order valence-corrected chi connectivity index (χ4v) is 3.07. The summed E-state index contributed by atoms with van der Waals surface area (Å²) in [6.45, 7) is 4.18. The van der Waals surface area contributed by atoms with Crippen molar-refractivity contribution in [3.8, 4) is 11.4 Å². The summed E-state index contributed by atoms with van der Waals surface area (Å²) in [4.78, 5) is 17.8. The van der Waals surface area contributed by atoms with Crippen molar-refractivity contribution in [3.63, 3.8) is 0 Å². The Labute approximate surface area is 157 Å². The number of aromatic nitrogens is 2. The molecule has 4 nitrogen and oxygen atoms in total. The van der Waals surface area contributed by atoms with Crippen LogP contribution in [0.4, 0.5) is 0 Å². The third-order valence-electron chi connectivity index (χ3n) is 4.39. The quantitative estimate of drug-likeness (QED) is 0.746. The van der Waals surface area contributed by atoms with Crippen LogP contribution in [0.15, 0.2) is 53.3 Å². The standard InChI is InChI=1S/C21H21ClN2O2/c1-14-3-5-16(6-4-14)13-24-20(17-7-9-18(22)10-8-17)23-15(2)19(11-12-25)21(24)26/h3-10,25H,11-13H2,1-2H3. The summed E-state index contributed by atoms with van der Waals surface area (Å²) >= 11 is 6.00. The Hall–Kier alpha value is -2.43. The maximum atomic E-state index is 13.1. The summed E-state index contributed by atoms with van der Waals surface area (Å²) in [6, 6.07) is 15.4. The highest BCUT2D eigenvalue weighted by molar-refractivity contribution is 6.30. The summed E-state index contributed by atoms with van der Waals surface area (Å²) in [7, 11) is 0. The summed E-state index contributed by atoms with van der Waals surface area (Å²) in [5.74, 6) is 0.603. The lowest BCUT2D eigenvalue weighted by atomic mass is 10.1. The van der Waals surface area contributed by atoms with Crippen LogP contribution < -0.4 is 5.56 Å². The van der Waals surface area contributed by atoms with Crippen LogP contribution in [-0.4, -0.2) is 21.3 Å². The number of hydrogen-bond donors (Lipinski definition) is 1. The van der Waals surface area contributed by atoms with Gasteiger partial charge in [0, 0.05) is 34.9 Å². The lowest BCUT2D eigenvalue weighted by Crippen LogP contribution is -2.29. The second kappa shape index (κ2) is 7.85. The summed E-state index contributed by atoms with van der Waals surface area (Å²) in [6.07, 6.45) is 0.298. The first-order valence-electron chi connectivity index (χ1n) is 8.52. The maximum Gasteiger partial charge on any atom is 0.257 e. The lowest BCUT2D eigenvalue weighted by molar-refractivity contribution is 0.298. The van der Waals surface area contributed by atoms with E-state index in [1.54, 1.807) is 16.7 Å². The number of aliphatic hydroxyl groups is 1. The minimum atomic E-state index is -0.114. The van der Waals surface area contributed by atoms with Crippen molar-refractivity contribution in [2.75, 3.05) is 6.61 Å². The van der Waals surface area contributed by atoms with E-state index in [-0.39, 0.29) is 12.2 Å². The molecule has 1 heterocycles. The Balaban J connectivity index is 2.17. The number of aliphatic hydroxyl groups excluding tert-OH is 1. The molecule has 0 radical (unpaired) electrons. The predicted octanol–water partition coefficient (Wildman–Crippen LogP) is 3.76. The van der Waals surface area contributed by atoms with Crippen molar-refractivity contribution in [1.82, 2.24) is 9.55 Å². The van der Waals surface area contributed by atoms with Gasteiger partial charge in [0.1, 0.15) is 5.82 Å². The van der Waals surface area contributed by atoms with Crippen LogP contribution >= 0.6 is 11.6 Å². The van der Waals surface area contributed by atoms with E-state index in [0.717, 1.165) is 11.1 Å². The minimum Gasteiger partial charge on any atom is -0.396 e. The topological polar surface area (TPSA) is 55.1 Å². The van der Waals surface area contributed by atoms with Crippen LogP contribution in [0.5, 0.6) is 0 Å². The van der Waals surface area contributed by atoms with Crippen molar-refractivity contribution in [2.24, 2.45) is 0 Å². The molecule has 134 valence electrons. The van der Waals surface area contributed by atoms with Gasteiger partial charge in [0.05, 0.1) is 6.54 Å². The predicted molar refractivity (Wildman–Crippen MR) is 105 cm³/mol. The molecule has 0 unspecified atom stereocenters. The summed E-state index contributed by atoms with van der Waals surface area (Å²) in [5, 5.41) is 9.94. The van der Waals surface area contributed by atoms with E-state index in [0.29, 0.717) is 35.1 Å². The Morgan fingerprint density at radius 1 is 1.04 bits per heavy atom. The molecule has 26 heavy (non-hydrogen) atoms. The second-order valence-corrected chi connectivity index (χ2v) is 6.79. The van der Waals surface area contributed by atoms with Crippen molar-refractivity contribution in [1.29, 1.82) is 0 Å². The highest BCUT2D eigenvalue weighted by atomic mass is 35.5. The van der Waals surface area contributed by atoms with Crippen LogP contribution in [0, 0.1) is 13.8 Å². The van der Waals surface area contributed by atoms with E-state index in [9.17, 15) is 9.90 Å². The normalized spacial score (nSPS) is 10.9. The monoisotopic (exact) mass is 368 g/mol. The van der Waals surface area contributed by atoms with Crippen LogP contribution in [-0.2, 0) is 13.0 Å². The number of nitrogens with zero attached hydrogens (tertiary/aromatic N) is 2. The number of hydrogen-bond acceptors (Lipinski definition) is 3. The molecule has 1 aromatic heterocycles. The average molecular weight is 369 g/mol. The molecule has 5 heteroatoms. The highest BCUT2D eigenvalue weighted by Gasteiger charge is 2.15. The molecule has 2 aromatic carbocycles. The molecule has 0 aliphatic rings. The molecule has 1 N–H and O–H groups in total. The Bertz CT molecular complexity index is 961. The van der Waals surface area contributed by atoms with Gasteiger partial charge >= 0.3 is 0 Å². The Morgan fingerprint density at radius 2 is 1.69 bits per heavy atom. The van der Waals surface area contributed by atoms with Crippen molar-refractivity contribution >= 4 is 11.6 Å². The number of halogens is 1. The molecule has 0 aliphatic heterocycles. The van der Waals surface area contributed by atoms with Gasteiger partial charge in [0.2, 0.25) is 0 Å². The maximum absolute atomic E-state index is 13.1. The fourth-order valence-electron chi connectivity index (χ4n) is 2.94. The van der Waals surface area contributed by atoms with Crippen LogP contribution in [0.3, 0.4) is 0 Å². The molecular formula is C21H21ClN2O2. The van der Waals surface area contributed by atoms with Gasteiger partial charge in [-0.1, -0.05) is 41.4 Å². The molecule has 0 spiro atoms. The SMILES string of the molecule is Cc1ccc(Cn2c(-c3ccc(Cl)cc3)nc(C)c(CCO)c2=O)cc1. The smallest absolute Gasteiger partial charge is 0.257 e. The van der Waals surface area contributed by atoms with E-state index in [4.69, 9.17) is 11.6 Å². The van der Waals surface area contributed by atoms with Gasteiger partial charge in [-0.05, 0) is 43.7 Å². The van der Waals surface area contributed by atoms with E-state index >= 15 is 0 Å². The number of rotatable bonds is 5. The molecule has 3 aromatic rings. The molecule has 0 saturated carbocycles. The zero-order chi connectivity index (χ0) is 18.7. The van der Waals surface area contributed by atoms with E-state index in [2.05, 4.69) is 4.98 Å². The minimum absolute atomic E-state index is 0.0808. The second-order valence-electron chi connectivity index (χ2n) is 6.36.